The van der Waals surface area contributed by atoms with Gasteiger partial charge in [-0.1, -0.05) is 81.4 Å². The summed E-state index contributed by atoms with van der Waals surface area (Å²) < 4.78 is 18.2. The van der Waals surface area contributed by atoms with Gasteiger partial charge in [0.2, 0.25) is 0 Å². The second-order valence-corrected chi connectivity index (χ2v) is 13.6. The van der Waals surface area contributed by atoms with Crippen molar-refractivity contribution in [1.82, 2.24) is 0 Å². The molecular weight excluding hydrogens is 392 g/mol. The van der Waals surface area contributed by atoms with Gasteiger partial charge < -0.3 is 19.0 Å². The molecule has 0 heterocycles. The molecular formula is C25H36O4Si. The quantitative estimate of drug-likeness (QED) is 0.490. The van der Waals surface area contributed by atoms with Crippen LogP contribution in [0.15, 0.2) is 60.7 Å². The Morgan fingerprint density at radius 3 is 1.97 bits per heavy atom. The van der Waals surface area contributed by atoms with Gasteiger partial charge in [0.25, 0.3) is 8.32 Å². The van der Waals surface area contributed by atoms with E-state index >= 15 is 0 Å². The summed E-state index contributed by atoms with van der Waals surface area (Å²) in [6.45, 7) is 7.88. The number of ether oxygens (including phenoxy) is 2. The molecule has 1 aliphatic carbocycles. The molecule has 3 atom stereocenters. The van der Waals surface area contributed by atoms with Crippen LogP contribution in [0.1, 0.15) is 33.6 Å². The monoisotopic (exact) mass is 428 g/mol. The van der Waals surface area contributed by atoms with Gasteiger partial charge in [0.05, 0.1) is 6.10 Å². The van der Waals surface area contributed by atoms with Gasteiger partial charge in [-0.25, -0.2) is 0 Å². The van der Waals surface area contributed by atoms with Gasteiger partial charge in [-0.05, 0) is 34.2 Å². The van der Waals surface area contributed by atoms with Crippen LogP contribution in [-0.2, 0) is 13.9 Å². The van der Waals surface area contributed by atoms with E-state index in [1.54, 1.807) is 7.11 Å². The van der Waals surface area contributed by atoms with Crippen LogP contribution in [-0.4, -0.2) is 46.6 Å². The Morgan fingerprint density at radius 2 is 1.50 bits per heavy atom. The van der Waals surface area contributed by atoms with Gasteiger partial charge >= 0.3 is 0 Å². The molecule has 0 radical (unpaired) electrons. The highest BCUT2D eigenvalue weighted by molar-refractivity contribution is 6.99. The number of hydrogen-bond acceptors (Lipinski definition) is 4. The lowest BCUT2D eigenvalue weighted by Crippen LogP contribution is -2.67. The van der Waals surface area contributed by atoms with Crippen LogP contribution < -0.4 is 10.4 Å². The highest BCUT2D eigenvalue weighted by Crippen LogP contribution is 2.40. The van der Waals surface area contributed by atoms with Crippen LogP contribution in [0.2, 0.25) is 5.04 Å². The Morgan fingerprint density at radius 1 is 0.933 bits per heavy atom. The van der Waals surface area contributed by atoms with E-state index in [1.165, 1.54) is 10.4 Å². The van der Waals surface area contributed by atoms with Crippen molar-refractivity contribution in [2.75, 3.05) is 27.1 Å². The first-order valence-electron chi connectivity index (χ1n) is 10.9. The lowest BCUT2D eigenvalue weighted by Gasteiger charge is -2.44. The predicted molar refractivity (Wildman–Crippen MR) is 124 cm³/mol. The van der Waals surface area contributed by atoms with Crippen LogP contribution in [0.5, 0.6) is 0 Å². The predicted octanol–water partition coefficient (Wildman–Crippen LogP) is 3.57. The maximum Gasteiger partial charge on any atom is 0.261 e. The van der Waals surface area contributed by atoms with Crippen LogP contribution in [0, 0.1) is 11.8 Å². The fraction of sp³-hybridized carbons (Fsp3) is 0.520. The maximum atomic E-state index is 9.97. The summed E-state index contributed by atoms with van der Waals surface area (Å²) in [7, 11) is -0.943. The standard InChI is InChI=1S/C25H36O4Si/c1-25(2,3)30(21-11-7-5-8-12-21,22-13-9-6-10-14-22)29-18-23-20(17-26)15-16-24(23)28-19-27-4/h5-14,20,23-24,26H,15-19H2,1-4H3/t20-,23+,24-/m0/s1. The van der Waals surface area contributed by atoms with Gasteiger partial charge in [0.1, 0.15) is 6.79 Å². The third-order valence-corrected chi connectivity index (χ3v) is 11.5. The molecule has 30 heavy (non-hydrogen) atoms. The molecule has 0 bridgehead atoms. The Bertz CT molecular complexity index is 720. The molecule has 0 amide bonds. The molecule has 1 aliphatic rings. The van der Waals surface area contributed by atoms with Gasteiger partial charge in [0, 0.05) is 26.2 Å². The van der Waals surface area contributed by atoms with Crippen molar-refractivity contribution in [3.8, 4) is 0 Å². The Hall–Kier alpha value is -1.50. The number of rotatable bonds is 9. The third-order valence-electron chi connectivity index (χ3n) is 6.45. The molecule has 4 nitrogen and oxygen atoms in total. The summed E-state index contributed by atoms with van der Waals surface area (Å²) in [6.07, 6.45) is 1.95. The normalized spacial score (nSPS) is 22.4. The Kier molecular flexibility index (Phi) is 7.88. The zero-order valence-electron chi connectivity index (χ0n) is 18.7. The van der Waals surface area contributed by atoms with Crippen molar-refractivity contribution >= 4 is 18.7 Å². The molecule has 0 unspecified atom stereocenters. The molecule has 0 saturated heterocycles. The summed E-state index contributed by atoms with van der Waals surface area (Å²) >= 11 is 0. The van der Waals surface area contributed by atoms with Crippen LogP contribution in [0.3, 0.4) is 0 Å². The van der Waals surface area contributed by atoms with Crippen molar-refractivity contribution in [1.29, 1.82) is 0 Å². The Labute approximate surface area is 182 Å². The molecule has 2 aromatic rings. The van der Waals surface area contributed by atoms with Crippen molar-refractivity contribution in [2.45, 2.75) is 44.8 Å². The fourth-order valence-electron chi connectivity index (χ4n) is 4.93. The van der Waals surface area contributed by atoms with E-state index in [2.05, 4.69) is 81.4 Å². The summed E-state index contributed by atoms with van der Waals surface area (Å²) in [5.74, 6) is 0.358. The van der Waals surface area contributed by atoms with E-state index in [9.17, 15) is 5.11 Å². The van der Waals surface area contributed by atoms with Gasteiger partial charge in [0.15, 0.2) is 0 Å². The minimum atomic E-state index is -2.59. The zero-order chi connectivity index (χ0) is 21.6. The highest BCUT2D eigenvalue weighted by atomic mass is 28.4. The first-order valence-corrected chi connectivity index (χ1v) is 12.8. The van der Waals surface area contributed by atoms with Gasteiger partial charge in [-0.15, -0.1) is 0 Å². The summed E-state index contributed by atoms with van der Waals surface area (Å²) in [5, 5.41) is 12.5. The van der Waals surface area contributed by atoms with Crippen LogP contribution in [0.25, 0.3) is 0 Å². The second-order valence-electron chi connectivity index (χ2n) is 9.27. The molecule has 1 saturated carbocycles. The van der Waals surface area contributed by atoms with Gasteiger partial charge in [-0.2, -0.15) is 0 Å². The number of aliphatic hydroxyl groups is 1. The van der Waals surface area contributed by atoms with E-state index in [0.29, 0.717) is 6.61 Å². The minimum Gasteiger partial charge on any atom is -0.407 e. The Balaban J connectivity index is 1.99. The fourth-order valence-corrected chi connectivity index (χ4v) is 9.52. The van der Waals surface area contributed by atoms with E-state index in [1.807, 2.05) is 0 Å². The average Bonchev–Trinajstić information content (AvgIpc) is 3.15. The molecule has 0 aromatic heterocycles. The topological polar surface area (TPSA) is 47.9 Å². The van der Waals surface area contributed by atoms with E-state index in [-0.39, 0.29) is 36.4 Å². The largest absolute Gasteiger partial charge is 0.407 e. The molecule has 5 heteroatoms. The molecule has 1 N–H and O–H groups in total. The first-order chi connectivity index (χ1) is 14.4. The third kappa shape index (κ3) is 4.71. The smallest absolute Gasteiger partial charge is 0.261 e. The average molecular weight is 429 g/mol. The van der Waals surface area contributed by atoms with Crippen molar-refractivity contribution in [3.63, 3.8) is 0 Å². The maximum absolute atomic E-state index is 9.97. The van der Waals surface area contributed by atoms with E-state index in [4.69, 9.17) is 13.9 Å². The SMILES string of the molecule is COCO[C@H]1CC[C@@H](CO)[C@H]1CO[Si](c1ccccc1)(c1ccccc1)C(C)(C)C. The summed E-state index contributed by atoms with van der Waals surface area (Å²) in [4.78, 5) is 0. The summed E-state index contributed by atoms with van der Waals surface area (Å²) in [5.41, 5.74) is 0. The van der Waals surface area contributed by atoms with E-state index < -0.39 is 8.32 Å². The van der Waals surface area contributed by atoms with Gasteiger partial charge in [-0.3, -0.25) is 0 Å². The van der Waals surface area contributed by atoms with Crippen molar-refractivity contribution in [3.05, 3.63) is 60.7 Å². The zero-order valence-corrected chi connectivity index (χ0v) is 19.7. The minimum absolute atomic E-state index is 0.0558. The molecule has 0 spiro atoms. The molecule has 164 valence electrons. The number of methoxy groups -OCH3 is 1. The lowest BCUT2D eigenvalue weighted by atomic mass is 9.97. The summed E-state index contributed by atoms with van der Waals surface area (Å²) in [6, 6.07) is 21.4. The number of aliphatic hydroxyl groups excluding tert-OH is 1. The second kappa shape index (κ2) is 10.2. The highest BCUT2D eigenvalue weighted by Gasteiger charge is 2.51. The molecule has 1 fully saturated rings. The van der Waals surface area contributed by atoms with Crippen LogP contribution >= 0.6 is 0 Å². The molecule has 3 rings (SSSR count). The number of benzene rings is 2. The number of hydrogen-bond donors (Lipinski definition) is 1. The molecule has 0 aliphatic heterocycles. The van der Waals surface area contributed by atoms with Crippen molar-refractivity contribution < 1.29 is 19.0 Å². The first kappa shape index (κ1) is 23.2. The molecule has 2 aromatic carbocycles. The van der Waals surface area contributed by atoms with Crippen LogP contribution in [0.4, 0.5) is 0 Å². The van der Waals surface area contributed by atoms with Crippen molar-refractivity contribution in [2.24, 2.45) is 11.8 Å². The van der Waals surface area contributed by atoms with E-state index in [0.717, 1.165) is 12.8 Å². The lowest BCUT2D eigenvalue weighted by molar-refractivity contribution is -0.0932.